The average molecular weight is 247 g/mol. The van der Waals surface area contributed by atoms with Crippen LogP contribution in [0.2, 0.25) is 5.15 Å². The van der Waals surface area contributed by atoms with E-state index in [1.807, 2.05) is 25.2 Å². The molecule has 0 radical (unpaired) electrons. The Bertz CT molecular complexity index is 535. The highest BCUT2D eigenvalue weighted by Gasteiger charge is 1.96. The highest BCUT2D eigenvalue weighted by atomic mass is 35.5. The number of nitrogens with one attached hydrogen (secondary N) is 1. The zero-order chi connectivity index (χ0) is 12.1. The molecule has 0 aliphatic rings. The molecule has 0 saturated heterocycles. The van der Waals surface area contributed by atoms with Gasteiger partial charge >= 0.3 is 0 Å². The number of aromatic nitrogens is 1. The lowest BCUT2D eigenvalue weighted by Crippen LogP contribution is -2.05. The van der Waals surface area contributed by atoms with Gasteiger partial charge in [0.25, 0.3) is 0 Å². The first-order valence-electron chi connectivity index (χ1n) is 5.67. The first kappa shape index (κ1) is 12.1. The van der Waals surface area contributed by atoms with Gasteiger partial charge in [-0.1, -0.05) is 29.8 Å². The maximum absolute atomic E-state index is 5.84. The van der Waals surface area contributed by atoms with Crippen LogP contribution in [0.25, 0.3) is 17.0 Å². The van der Waals surface area contributed by atoms with Gasteiger partial charge in [0.2, 0.25) is 0 Å². The second-order valence-electron chi connectivity index (χ2n) is 3.88. The van der Waals surface area contributed by atoms with Gasteiger partial charge in [-0.05, 0) is 49.8 Å². The van der Waals surface area contributed by atoms with Gasteiger partial charge in [0.1, 0.15) is 5.15 Å². The molecule has 0 bridgehead atoms. The summed E-state index contributed by atoms with van der Waals surface area (Å²) in [6.45, 7) is 1.00. The van der Waals surface area contributed by atoms with E-state index in [1.165, 1.54) is 5.56 Å². The van der Waals surface area contributed by atoms with Crippen LogP contribution in [0.5, 0.6) is 0 Å². The van der Waals surface area contributed by atoms with Crippen LogP contribution in [0.3, 0.4) is 0 Å². The monoisotopic (exact) mass is 246 g/mol. The molecule has 2 nitrogen and oxygen atoms in total. The Kier molecular flexibility index (Phi) is 4.13. The lowest BCUT2D eigenvalue weighted by atomic mass is 10.1. The van der Waals surface area contributed by atoms with Gasteiger partial charge in [0.15, 0.2) is 0 Å². The van der Waals surface area contributed by atoms with Gasteiger partial charge in [-0.3, -0.25) is 0 Å². The van der Waals surface area contributed by atoms with Crippen LogP contribution in [0.4, 0.5) is 0 Å². The van der Waals surface area contributed by atoms with E-state index in [2.05, 4.69) is 34.6 Å². The van der Waals surface area contributed by atoms with Crippen LogP contribution >= 0.6 is 11.6 Å². The van der Waals surface area contributed by atoms with Gasteiger partial charge in [0, 0.05) is 5.39 Å². The minimum atomic E-state index is 0.537. The zero-order valence-electron chi connectivity index (χ0n) is 9.78. The molecule has 0 aliphatic heterocycles. The molecule has 0 saturated carbocycles. The highest BCUT2D eigenvalue weighted by Crippen LogP contribution is 2.17. The number of benzene rings is 1. The van der Waals surface area contributed by atoms with E-state index in [1.54, 1.807) is 0 Å². The molecule has 1 aromatic heterocycles. The number of pyridine rings is 1. The van der Waals surface area contributed by atoms with Crippen LogP contribution in [-0.2, 0) is 0 Å². The molecular weight excluding hydrogens is 232 g/mol. The maximum Gasteiger partial charge on any atom is 0.129 e. The Balaban J connectivity index is 2.20. The van der Waals surface area contributed by atoms with E-state index in [4.69, 9.17) is 11.6 Å². The van der Waals surface area contributed by atoms with Crippen molar-refractivity contribution in [2.45, 2.75) is 6.42 Å². The number of hydrogen-bond donors (Lipinski definition) is 1. The van der Waals surface area contributed by atoms with Crippen LogP contribution in [0.1, 0.15) is 12.0 Å². The molecule has 3 heteroatoms. The van der Waals surface area contributed by atoms with Crippen molar-refractivity contribution in [2.75, 3.05) is 13.6 Å². The lowest BCUT2D eigenvalue weighted by molar-refractivity contribution is 0.809. The smallest absolute Gasteiger partial charge is 0.129 e. The van der Waals surface area contributed by atoms with Crippen molar-refractivity contribution in [1.82, 2.24) is 10.3 Å². The SMILES string of the molecule is CNCCC=Cc1ccc2nc(Cl)ccc2c1. The summed E-state index contributed by atoms with van der Waals surface area (Å²) in [4.78, 5) is 4.26. The molecular formula is C14H15ClN2. The number of nitrogens with zero attached hydrogens (tertiary/aromatic N) is 1. The summed E-state index contributed by atoms with van der Waals surface area (Å²) in [7, 11) is 1.96. The van der Waals surface area contributed by atoms with E-state index in [0.29, 0.717) is 5.15 Å². The van der Waals surface area contributed by atoms with E-state index in [9.17, 15) is 0 Å². The second-order valence-corrected chi connectivity index (χ2v) is 4.27. The van der Waals surface area contributed by atoms with Gasteiger partial charge in [-0.25, -0.2) is 4.98 Å². The van der Waals surface area contributed by atoms with E-state index in [0.717, 1.165) is 23.9 Å². The molecule has 2 aromatic rings. The summed E-state index contributed by atoms with van der Waals surface area (Å²) in [5.74, 6) is 0. The van der Waals surface area contributed by atoms with E-state index >= 15 is 0 Å². The van der Waals surface area contributed by atoms with Crippen molar-refractivity contribution < 1.29 is 0 Å². The fraction of sp³-hybridized carbons (Fsp3) is 0.214. The van der Waals surface area contributed by atoms with Gasteiger partial charge in [0.05, 0.1) is 5.52 Å². The standard InChI is InChI=1S/C14H15ClN2/c1-16-9-3-2-4-11-5-7-13-12(10-11)6-8-14(15)17-13/h2,4-8,10,16H,3,9H2,1H3. The molecule has 17 heavy (non-hydrogen) atoms. The average Bonchev–Trinajstić information content (AvgIpc) is 2.35. The van der Waals surface area contributed by atoms with E-state index < -0.39 is 0 Å². The van der Waals surface area contributed by atoms with Gasteiger partial charge < -0.3 is 5.32 Å². The van der Waals surface area contributed by atoms with Gasteiger partial charge in [-0.15, -0.1) is 0 Å². The third kappa shape index (κ3) is 3.29. The Labute approximate surface area is 106 Å². The molecule has 0 fully saturated rings. The summed E-state index contributed by atoms with van der Waals surface area (Å²) in [6.07, 6.45) is 5.33. The number of rotatable bonds is 4. The van der Waals surface area contributed by atoms with Gasteiger partial charge in [-0.2, -0.15) is 0 Å². The molecule has 2 rings (SSSR count). The van der Waals surface area contributed by atoms with E-state index in [-0.39, 0.29) is 0 Å². The number of halogens is 1. The molecule has 0 amide bonds. The normalized spacial score (nSPS) is 11.4. The molecule has 1 heterocycles. The van der Waals surface area contributed by atoms with Crippen LogP contribution in [-0.4, -0.2) is 18.6 Å². The summed E-state index contributed by atoms with van der Waals surface area (Å²) in [6, 6.07) is 9.99. The minimum absolute atomic E-state index is 0.537. The molecule has 1 aromatic carbocycles. The van der Waals surface area contributed by atoms with Crippen molar-refractivity contribution in [3.8, 4) is 0 Å². The molecule has 88 valence electrons. The Morgan fingerprint density at radius 1 is 1.29 bits per heavy atom. The zero-order valence-corrected chi connectivity index (χ0v) is 10.5. The summed E-state index contributed by atoms with van der Waals surface area (Å²) in [5, 5.41) is 4.77. The predicted molar refractivity (Wildman–Crippen MR) is 74.3 cm³/mol. The highest BCUT2D eigenvalue weighted by molar-refractivity contribution is 6.29. The fourth-order valence-corrected chi connectivity index (χ4v) is 1.82. The Morgan fingerprint density at radius 2 is 2.18 bits per heavy atom. The van der Waals surface area contributed by atoms with Crippen LogP contribution in [0, 0.1) is 0 Å². The third-order valence-corrected chi connectivity index (χ3v) is 2.76. The van der Waals surface area contributed by atoms with Crippen molar-refractivity contribution in [3.05, 3.63) is 47.1 Å². The summed E-state index contributed by atoms with van der Waals surface area (Å²) < 4.78 is 0. The second kappa shape index (κ2) is 5.80. The van der Waals surface area contributed by atoms with Crippen molar-refractivity contribution >= 4 is 28.6 Å². The first-order valence-corrected chi connectivity index (χ1v) is 6.05. The lowest BCUT2D eigenvalue weighted by Gasteiger charge is -1.99. The van der Waals surface area contributed by atoms with Crippen molar-refractivity contribution in [3.63, 3.8) is 0 Å². The minimum Gasteiger partial charge on any atom is -0.319 e. The number of hydrogen-bond acceptors (Lipinski definition) is 2. The maximum atomic E-state index is 5.84. The topological polar surface area (TPSA) is 24.9 Å². The molecule has 0 aliphatic carbocycles. The van der Waals surface area contributed by atoms with Crippen LogP contribution in [0.15, 0.2) is 36.4 Å². The Morgan fingerprint density at radius 3 is 3.00 bits per heavy atom. The van der Waals surface area contributed by atoms with Crippen LogP contribution < -0.4 is 5.32 Å². The third-order valence-electron chi connectivity index (χ3n) is 2.55. The van der Waals surface area contributed by atoms with Crippen molar-refractivity contribution in [2.24, 2.45) is 0 Å². The quantitative estimate of drug-likeness (QED) is 0.660. The summed E-state index contributed by atoms with van der Waals surface area (Å²) in [5.41, 5.74) is 2.13. The molecule has 0 spiro atoms. The van der Waals surface area contributed by atoms with Crippen molar-refractivity contribution in [1.29, 1.82) is 0 Å². The summed E-state index contributed by atoms with van der Waals surface area (Å²) >= 11 is 5.84. The largest absolute Gasteiger partial charge is 0.319 e. The predicted octanol–water partition coefficient (Wildman–Crippen LogP) is 3.51. The molecule has 0 unspecified atom stereocenters. The fourth-order valence-electron chi connectivity index (χ4n) is 1.67. The first-order chi connectivity index (χ1) is 8.29. The molecule has 1 N–H and O–H groups in total. The molecule has 0 atom stereocenters. The Hall–Kier alpha value is -1.38. The number of fused-ring (bicyclic) bond motifs is 1.